The minimum atomic E-state index is 0.639. The molecule has 76 valence electrons. The average molecular weight is 232 g/mol. The number of rotatable bonds is 3. The molecule has 0 amide bonds. The summed E-state index contributed by atoms with van der Waals surface area (Å²) in [6.07, 6.45) is 0.670. The van der Waals surface area contributed by atoms with Crippen molar-refractivity contribution in [1.29, 1.82) is 0 Å². The van der Waals surface area contributed by atoms with E-state index in [-0.39, 0.29) is 0 Å². The van der Waals surface area contributed by atoms with Crippen molar-refractivity contribution in [2.75, 3.05) is 7.11 Å². The Bertz CT molecular complexity index is 350. The lowest BCUT2D eigenvalue weighted by molar-refractivity contribution is 0.212. The van der Waals surface area contributed by atoms with Crippen molar-refractivity contribution in [3.8, 4) is 0 Å². The molecule has 0 saturated heterocycles. The van der Waals surface area contributed by atoms with Gasteiger partial charge in [0.15, 0.2) is 0 Å². The lowest BCUT2D eigenvalue weighted by Gasteiger charge is -2.03. The predicted octanol–water partition coefficient (Wildman–Crippen LogP) is 3.56. The summed E-state index contributed by atoms with van der Waals surface area (Å²) in [7, 11) is 1.52. The van der Waals surface area contributed by atoms with Crippen molar-refractivity contribution in [2.45, 2.75) is 13.3 Å². The minimum Gasteiger partial charge on any atom is -0.399 e. The molecule has 0 aliphatic rings. The van der Waals surface area contributed by atoms with Crippen LogP contribution in [-0.2, 0) is 11.3 Å². The van der Waals surface area contributed by atoms with Gasteiger partial charge in [-0.3, -0.25) is 0 Å². The Hall–Kier alpha value is -0.730. The van der Waals surface area contributed by atoms with E-state index in [2.05, 4.69) is 9.99 Å². The van der Waals surface area contributed by atoms with Crippen molar-refractivity contribution >= 4 is 28.9 Å². The fourth-order valence-corrected chi connectivity index (χ4v) is 1.60. The zero-order valence-electron chi connectivity index (χ0n) is 8.05. The van der Waals surface area contributed by atoms with Crippen LogP contribution >= 0.6 is 23.2 Å². The maximum atomic E-state index is 5.99. The average Bonchev–Trinajstić information content (AvgIpc) is 2.10. The van der Waals surface area contributed by atoms with Crippen molar-refractivity contribution in [2.24, 2.45) is 5.16 Å². The topological polar surface area (TPSA) is 21.6 Å². The molecule has 0 radical (unpaired) electrons. The molecule has 0 aromatic heterocycles. The molecule has 0 aliphatic heterocycles. The van der Waals surface area contributed by atoms with E-state index in [1.54, 1.807) is 6.07 Å². The molecule has 0 bridgehead atoms. The van der Waals surface area contributed by atoms with E-state index in [9.17, 15) is 0 Å². The highest BCUT2D eigenvalue weighted by Gasteiger charge is 2.02. The number of halogens is 2. The molecule has 0 saturated carbocycles. The molecule has 1 aromatic rings. The number of benzene rings is 1. The van der Waals surface area contributed by atoms with Gasteiger partial charge in [0, 0.05) is 16.5 Å². The Kier molecular flexibility index (Phi) is 4.23. The first-order valence-electron chi connectivity index (χ1n) is 4.14. The van der Waals surface area contributed by atoms with Crippen LogP contribution in [-0.4, -0.2) is 12.8 Å². The highest BCUT2D eigenvalue weighted by atomic mass is 35.5. The summed E-state index contributed by atoms with van der Waals surface area (Å²) in [6.45, 7) is 1.88. The number of nitrogens with zero attached hydrogens (tertiary/aromatic N) is 1. The van der Waals surface area contributed by atoms with Gasteiger partial charge in [0.1, 0.15) is 7.11 Å². The Morgan fingerprint density at radius 2 is 2.14 bits per heavy atom. The monoisotopic (exact) mass is 231 g/mol. The maximum Gasteiger partial charge on any atom is 0.106 e. The van der Waals surface area contributed by atoms with E-state index in [0.717, 1.165) is 11.3 Å². The molecule has 2 nitrogen and oxygen atoms in total. The number of oxime groups is 1. The van der Waals surface area contributed by atoms with Gasteiger partial charge in [-0.25, -0.2) is 0 Å². The van der Waals surface area contributed by atoms with Crippen LogP contribution in [0.3, 0.4) is 0 Å². The Balaban J connectivity index is 2.82. The van der Waals surface area contributed by atoms with Gasteiger partial charge >= 0.3 is 0 Å². The van der Waals surface area contributed by atoms with Gasteiger partial charge in [0.05, 0.1) is 5.71 Å². The molecular weight excluding hydrogens is 221 g/mol. The second kappa shape index (κ2) is 5.23. The van der Waals surface area contributed by atoms with Crippen molar-refractivity contribution in [1.82, 2.24) is 0 Å². The van der Waals surface area contributed by atoms with Crippen LogP contribution in [0.1, 0.15) is 12.5 Å². The highest BCUT2D eigenvalue weighted by molar-refractivity contribution is 6.35. The summed E-state index contributed by atoms with van der Waals surface area (Å²) in [5.41, 5.74) is 1.87. The standard InChI is InChI=1S/C10H11Cl2NO/c1-7(13-14-2)5-8-3-4-9(11)6-10(8)12/h3-4,6H,5H2,1-2H3. The Labute approximate surface area is 93.5 Å². The van der Waals surface area contributed by atoms with Gasteiger partial charge in [-0.2, -0.15) is 0 Å². The fourth-order valence-electron chi connectivity index (χ4n) is 1.13. The van der Waals surface area contributed by atoms with E-state index in [0.29, 0.717) is 16.5 Å². The van der Waals surface area contributed by atoms with Gasteiger partial charge < -0.3 is 4.84 Å². The first kappa shape index (κ1) is 11.3. The lowest BCUT2D eigenvalue weighted by atomic mass is 10.1. The third-order valence-corrected chi connectivity index (χ3v) is 2.30. The van der Waals surface area contributed by atoms with Crippen LogP contribution < -0.4 is 0 Å². The van der Waals surface area contributed by atoms with E-state index in [1.165, 1.54) is 7.11 Å². The minimum absolute atomic E-state index is 0.639. The Morgan fingerprint density at radius 3 is 2.71 bits per heavy atom. The molecule has 0 fully saturated rings. The molecule has 1 aromatic carbocycles. The molecule has 0 unspecified atom stereocenters. The number of hydrogen-bond donors (Lipinski definition) is 0. The van der Waals surface area contributed by atoms with Gasteiger partial charge in [0.25, 0.3) is 0 Å². The second-order valence-electron chi connectivity index (χ2n) is 2.92. The van der Waals surface area contributed by atoms with E-state index in [4.69, 9.17) is 23.2 Å². The third kappa shape index (κ3) is 3.20. The summed E-state index contributed by atoms with van der Waals surface area (Å²) in [4.78, 5) is 4.66. The highest BCUT2D eigenvalue weighted by Crippen LogP contribution is 2.21. The maximum absolute atomic E-state index is 5.99. The molecule has 0 atom stereocenters. The zero-order valence-corrected chi connectivity index (χ0v) is 9.56. The summed E-state index contributed by atoms with van der Waals surface area (Å²) in [5, 5.41) is 5.10. The van der Waals surface area contributed by atoms with Crippen molar-refractivity contribution in [3.63, 3.8) is 0 Å². The summed E-state index contributed by atoms with van der Waals surface area (Å²) >= 11 is 11.8. The lowest BCUT2D eigenvalue weighted by Crippen LogP contribution is -1.98. The van der Waals surface area contributed by atoms with Gasteiger partial charge in [-0.1, -0.05) is 34.4 Å². The van der Waals surface area contributed by atoms with E-state index < -0.39 is 0 Å². The van der Waals surface area contributed by atoms with E-state index in [1.807, 2.05) is 19.1 Å². The fraction of sp³-hybridized carbons (Fsp3) is 0.300. The zero-order chi connectivity index (χ0) is 10.6. The van der Waals surface area contributed by atoms with Crippen LogP contribution in [0.5, 0.6) is 0 Å². The first-order chi connectivity index (χ1) is 6.63. The predicted molar refractivity (Wildman–Crippen MR) is 60.3 cm³/mol. The summed E-state index contributed by atoms with van der Waals surface area (Å²) in [6, 6.07) is 5.42. The second-order valence-corrected chi connectivity index (χ2v) is 3.77. The molecule has 0 heterocycles. The summed E-state index contributed by atoms with van der Waals surface area (Å²) in [5.74, 6) is 0. The van der Waals surface area contributed by atoms with Crippen LogP contribution in [0, 0.1) is 0 Å². The van der Waals surface area contributed by atoms with Crippen LogP contribution in [0.4, 0.5) is 0 Å². The van der Waals surface area contributed by atoms with Crippen LogP contribution in [0.15, 0.2) is 23.4 Å². The third-order valence-electron chi connectivity index (χ3n) is 1.71. The smallest absolute Gasteiger partial charge is 0.106 e. The Morgan fingerprint density at radius 1 is 1.43 bits per heavy atom. The van der Waals surface area contributed by atoms with Crippen molar-refractivity contribution < 1.29 is 4.84 Å². The molecule has 0 spiro atoms. The van der Waals surface area contributed by atoms with Crippen LogP contribution in [0.25, 0.3) is 0 Å². The molecular formula is C10H11Cl2NO. The molecule has 14 heavy (non-hydrogen) atoms. The largest absolute Gasteiger partial charge is 0.399 e. The van der Waals surface area contributed by atoms with Gasteiger partial charge in [-0.05, 0) is 24.6 Å². The van der Waals surface area contributed by atoms with E-state index >= 15 is 0 Å². The number of hydrogen-bond acceptors (Lipinski definition) is 2. The quantitative estimate of drug-likeness (QED) is 0.576. The molecule has 0 N–H and O–H groups in total. The normalized spacial score (nSPS) is 11.6. The molecule has 1 rings (SSSR count). The molecule has 4 heteroatoms. The first-order valence-corrected chi connectivity index (χ1v) is 4.89. The molecule has 0 aliphatic carbocycles. The summed E-state index contributed by atoms with van der Waals surface area (Å²) < 4.78 is 0. The SMILES string of the molecule is CON=C(C)Cc1ccc(Cl)cc1Cl. The van der Waals surface area contributed by atoms with Gasteiger partial charge in [0.2, 0.25) is 0 Å². The van der Waals surface area contributed by atoms with Crippen LogP contribution in [0.2, 0.25) is 10.0 Å². The van der Waals surface area contributed by atoms with Crippen molar-refractivity contribution in [3.05, 3.63) is 33.8 Å². The van der Waals surface area contributed by atoms with Gasteiger partial charge in [-0.15, -0.1) is 0 Å².